The minimum Gasteiger partial charge on any atom is -0.306 e. The second kappa shape index (κ2) is 5.27. The lowest BCUT2D eigenvalue weighted by molar-refractivity contribution is -0.113. The topological polar surface area (TPSA) is 29.1 Å². The molecule has 0 fully saturated rings. The third-order valence-corrected chi connectivity index (χ3v) is 1.70. The van der Waals surface area contributed by atoms with Gasteiger partial charge in [0.05, 0.1) is 6.54 Å². The van der Waals surface area contributed by atoms with E-state index in [1.807, 2.05) is 30.3 Å². The number of nitrogens with one attached hydrogen (secondary N) is 1. The van der Waals surface area contributed by atoms with Crippen molar-refractivity contribution in [3.8, 4) is 0 Å². The van der Waals surface area contributed by atoms with Crippen molar-refractivity contribution in [3.63, 3.8) is 0 Å². The van der Waals surface area contributed by atoms with E-state index in [0.29, 0.717) is 6.54 Å². The van der Waals surface area contributed by atoms with Crippen LogP contribution in [-0.2, 0) is 11.3 Å². The van der Waals surface area contributed by atoms with Gasteiger partial charge in [-0.05, 0) is 11.6 Å². The molecule has 0 bridgehead atoms. The van der Waals surface area contributed by atoms with Gasteiger partial charge in [0.25, 0.3) is 0 Å². The zero-order chi connectivity index (χ0) is 9.52. The van der Waals surface area contributed by atoms with Crippen LogP contribution in [0, 0.1) is 0 Å². The Labute approximate surface area is 78.3 Å². The van der Waals surface area contributed by atoms with Crippen molar-refractivity contribution in [1.29, 1.82) is 0 Å². The monoisotopic (exact) mass is 175 g/mol. The predicted molar refractivity (Wildman–Crippen MR) is 53.4 cm³/mol. The number of rotatable bonds is 5. The summed E-state index contributed by atoms with van der Waals surface area (Å²) in [5.41, 5.74) is 1.18. The summed E-state index contributed by atoms with van der Waals surface area (Å²) >= 11 is 0. The molecular formula is C11H13NO. The van der Waals surface area contributed by atoms with Crippen LogP contribution in [0.3, 0.4) is 0 Å². The largest absolute Gasteiger partial charge is 0.306 e. The second-order valence-electron chi connectivity index (χ2n) is 2.76. The summed E-state index contributed by atoms with van der Waals surface area (Å²) in [6, 6.07) is 9.97. The average molecular weight is 175 g/mol. The Morgan fingerprint density at radius 1 is 1.38 bits per heavy atom. The quantitative estimate of drug-likeness (QED) is 0.688. The predicted octanol–water partition coefficient (Wildman–Crippen LogP) is 1.53. The maximum absolute atomic E-state index is 10.8. The first-order valence-electron chi connectivity index (χ1n) is 4.23. The molecule has 13 heavy (non-hydrogen) atoms. The molecule has 2 heteroatoms. The van der Waals surface area contributed by atoms with Crippen molar-refractivity contribution in [1.82, 2.24) is 5.32 Å². The van der Waals surface area contributed by atoms with Crippen LogP contribution in [0.4, 0.5) is 0 Å². The van der Waals surface area contributed by atoms with Crippen molar-refractivity contribution < 1.29 is 4.79 Å². The molecule has 1 rings (SSSR count). The number of ketones is 1. The van der Waals surface area contributed by atoms with Crippen LogP contribution in [0.25, 0.3) is 0 Å². The van der Waals surface area contributed by atoms with E-state index in [-0.39, 0.29) is 5.78 Å². The summed E-state index contributed by atoms with van der Waals surface area (Å²) in [4.78, 5) is 10.8. The number of hydrogen-bond donors (Lipinski definition) is 1. The minimum atomic E-state index is 0.0240. The van der Waals surface area contributed by atoms with Gasteiger partial charge in [0, 0.05) is 6.54 Å². The van der Waals surface area contributed by atoms with E-state index in [0.717, 1.165) is 6.54 Å². The Morgan fingerprint density at radius 3 is 2.69 bits per heavy atom. The smallest absolute Gasteiger partial charge is 0.168 e. The van der Waals surface area contributed by atoms with Crippen LogP contribution >= 0.6 is 0 Å². The van der Waals surface area contributed by atoms with Gasteiger partial charge in [0.15, 0.2) is 5.78 Å². The first-order valence-corrected chi connectivity index (χ1v) is 4.23. The first kappa shape index (κ1) is 9.68. The maximum Gasteiger partial charge on any atom is 0.168 e. The third kappa shape index (κ3) is 3.67. The Balaban J connectivity index is 2.28. The molecule has 0 atom stereocenters. The van der Waals surface area contributed by atoms with Crippen LogP contribution in [0.5, 0.6) is 0 Å². The van der Waals surface area contributed by atoms with Gasteiger partial charge in [-0.3, -0.25) is 4.79 Å². The number of benzene rings is 1. The van der Waals surface area contributed by atoms with E-state index in [1.54, 1.807) is 0 Å². The van der Waals surface area contributed by atoms with Gasteiger partial charge in [-0.15, -0.1) is 0 Å². The highest BCUT2D eigenvalue weighted by atomic mass is 16.1. The zero-order valence-electron chi connectivity index (χ0n) is 7.49. The van der Waals surface area contributed by atoms with Crippen molar-refractivity contribution in [2.75, 3.05) is 6.54 Å². The van der Waals surface area contributed by atoms with E-state index in [4.69, 9.17) is 0 Å². The highest BCUT2D eigenvalue weighted by Crippen LogP contribution is 1.96. The number of hydrogen-bond acceptors (Lipinski definition) is 2. The fourth-order valence-electron chi connectivity index (χ4n) is 0.998. The molecule has 0 radical (unpaired) electrons. The van der Waals surface area contributed by atoms with Gasteiger partial charge >= 0.3 is 0 Å². The van der Waals surface area contributed by atoms with Gasteiger partial charge < -0.3 is 5.32 Å². The van der Waals surface area contributed by atoms with Crippen LogP contribution in [0.1, 0.15) is 5.56 Å². The highest BCUT2D eigenvalue weighted by molar-refractivity contribution is 5.90. The standard InChI is InChI=1S/C11H13NO/c1-2-11(13)9-12-8-10-6-4-3-5-7-10/h2-7,12H,1,8-9H2. The van der Waals surface area contributed by atoms with Crippen molar-refractivity contribution in [2.45, 2.75) is 6.54 Å². The fourth-order valence-corrected chi connectivity index (χ4v) is 0.998. The SMILES string of the molecule is C=CC(=O)CNCc1ccccc1. The van der Waals surface area contributed by atoms with Gasteiger partial charge in [0.2, 0.25) is 0 Å². The van der Waals surface area contributed by atoms with Crippen LogP contribution < -0.4 is 5.32 Å². The summed E-state index contributed by atoms with van der Waals surface area (Å²) in [5, 5.41) is 3.03. The minimum absolute atomic E-state index is 0.0240. The summed E-state index contributed by atoms with van der Waals surface area (Å²) in [5.74, 6) is 0.0240. The Morgan fingerprint density at radius 2 is 2.08 bits per heavy atom. The van der Waals surface area contributed by atoms with E-state index in [2.05, 4.69) is 11.9 Å². The highest BCUT2D eigenvalue weighted by Gasteiger charge is 1.94. The van der Waals surface area contributed by atoms with E-state index in [9.17, 15) is 4.79 Å². The molecule has 0 saturated heterocycles. The van der Waals surface area contributed by atoms with E-state index in [1.165, 1.54) is 11.6 Å². The van der Waals surface area contributed by atoms with E-state index < -0.39 is 0 Å². The molecule has 0 aliphatic carbocycles. The zero-order valence-corrected chi connectivity index (χ0v) is 7.49. The second-order valence-corrected chi connectivity index (χ2v) is 2.76. The summed E-state index contributed by atoms with van der Waals surface area (Å²) in [6.45, 7) is 4.48. The summed E-state index contributed by atoms with van der Waals surface area (Å²) in [7, 11) is 0. The van der Waals surface area contributed by atoms with Gasteiger partial charge in [-0.2, -0.15) is 0 Å². The molecule has 0 amide bonds. The van der Waals surface area contributed by atoms with Crippen molar-refractivity contribution >= 4 is 5.78 Å². The molecule has 0 aliphatic rings. The maximum atomic E-state index is 10.8. The number of carbonyl (C=O) groups excluding carboxylic acids is 1. The summed E-state index contributed by atoms with van der Waals surface area (Å²) in [6.07, 6.45) is 1.33. The Kier molecular flexibility index (Phi) is 3.93. The molecule has 1 aromatic carbocycles. The van der Waals surface area contributed by atoms with Gasteiger partial charge in [-0.25, -0.2) is 0 Å². The molecule has 0 aliphatic heterocycles. The Bertz CT molecular complexity index is 279. The summed E-state index contributed by atoms with van der Waals surface area (Å²) < 4.78 is 0. The molecule has 0 aromatic heterocycles. The molecule has 0 saturated carbocycles. The van der Waals surface area contributed by atoms with Crippen molar-refractivity contribution in [3.05, 3.63) is 48.6 Å². The van der Waals surface area contributed by atoms with Crippen LogP contribution in [-0.4, -0.2) is 12.3 Å². The average Bonchev–Trinajstić information content (AvgIpc) is 2.19. The molecule has 0 unspecified atom stereocenters. The normalized spacial score (nSPS) is 9.54. The number of carbonyl (C=O) groups is 1. The molecule has 0 heterocycles. The van der Waals surface area contributed by atoms with Crippen LogP contribution in [0.2, 0.25) is 0 Å². The molecule has 68 valence electrons. The first-order chi connectivity index (χ1) is 6.33. The van der Waals surface area contributed by atoms with Gasteiger partial charge in [0.1, 0.15) is 0 Å². The van der Waals surface area contributed by atoms with Crippen LogP contribution in [0.15, 0.2) is 43.0 Å². The molecule has 1 N–H and O–H groups in total. The molecular weight excluding hydrogens is 162 g/mol. The fraction of sp³-hybridized carbons (Fsp3) is 0.182. The third-order valence-electron chi connectivity index (χ3n) is 1.70. The molecule has 0 spiro atoms. The molecule has 2 nitrogen and oxygen atoms in total. The lowest BCUT2D eigenvalue weighted by atomic mass is 10.2. The lowest BCUT2D eigenvalue weighted by Crippen LogP contribution is -2.20. The molecule has 1 aromatic rings. The van der Waals surface area contributed by atoms with E-state index >= 15 is 0 Å². The lowest BCUT2D eigenvalue weighted by Gasteiger charge is -2.01. The Hall–Kier alpha value is -1.41. The van der Waals surface area contributed by atoms with Crippen molar-refractivity contribution in [2.24, 2.45) is 0 Å². The van der Waals surface area contributed by atoms with Gasteiger partial charge in [-0.1, -0.05) is 36.9 Å².